The number of methoxy groups -OCH3 is 2. The summed E-state index contributed by atoms with van der Waals surface area (Å²) >= 11 is 0. The molecule has 4 heteroatoms. The molecule has 2 aromatic carbocycles. The fraction of sp³-hybridized carbons (Fsp3) is 0.294. The van der Waals surface area contributed by atoms with E-state index in [4.69, 9.17) is 14.2 Å². The zero-order valence-corrected chi connectivity index (χ0v) is 12.5. The van der Waals surface area contributed by atoms with Gasteiger partial charge in [0.15, 0.2) is 11.5 Å². The highest BCUT2D eigenvalue weighted by molar-refractivity contribution is 5.50. The lowest BCUT2D eigenvalue weighted by Crippen LogP contribution is -2.04. The summed E-state index contributed by atoms with van der Waals surface area (Å²) in [6.45, 7) is 2.55. The summed E-state index contributed by atoms with van der Waals surface area (Å²) in [6, 6.07) is 12.8. The van der Waals surface area contributed by atoms with E-state index in [9.17, 15) is 5.11 Å². The van der Waals surface area contributed by atoms with Crippen molar-refractivity contribution in [3.63, 3.8) is 0 Å². The Kier molecular flexibility index (Phi) is 5.06. The quantitative estimate of drug-likeness (QED) is 0.887. The molecule has 0 aliphatic carbocycles. The van der Waals surface area contributed by atoms with Crippen LogP contribution in [0.25, 0.3) is 0 Å². The zero-order chi connectivity index (χ0) is 15.2. The van der Waals surface area contributed by atoms with Gasteiger partial charge in [-0.1, -0.05) is 24.3 Å². The second-order valence-corrected chi connectivity index (χ2v) is 4.49. The Morgan fingerprint density at radius 2 is 1.71 bits per heavy atom. The van der Waals surface area contributed by atoms with Gasteiger partial charge in [0, 0.05) is 5.56 Å². The molecule has 112 valence electrons. The third-order valence-corrected chi connectivity index (χ3v) is 3.23. The van der Waals surface area contributed by atoms with Crippen molar-refractivity contribution in [1.82, 2.24) is 0 Å². The molecular weight excluding hydrogens is 268 g/mol. The molecule has 2 aromatic rings. The Hall–Kier alpha value is -2.20. The highest BCUT2D eigenvalue weighted by Gasteiger charge is 2.18. The van der Waals surface area contributed by atoms with Crippen LogP contribution in [0.15, 0.2) is 42.5 Å². The van der Waals surface area contributed by atoms with Crippen molar-refractivity contribution >= 4 is 0 Å². The van der Waals surface area contributed by atoms with E-state index in [-0.39, 0.29) is 0 Å². The summed E-state index contributed by atoms with van der Waals surface area (Å²) in [7, 11) is 3.14. The minimum absolute atomic E-state index is 0.543. The van der Waals surface area contributed by atoms with Crippen LogP contribution in [-0.2, 0) is 0 Å². The predicted octanol–water partition coefficient (Wildman–Crippen LogP) is 3.18. The third kappa shape index (κ3) is 3.28. The number of benzene rings is 2. The summed E-state index contributed by atoms with van der Waals surface area (Å²) in [6.07, 6.45) is -0.786. The topological polar surface area (TPSA) is 47.9 Å². The van der Waals surface area contributed by atoms with Gasteiger partial charge in [0.05, 0.1) is 20.8 Å². The van der Waals surface area contributed by atoms with Crippen LogP contribution in [0.5, 0.6) is 17.2 Å². The van der Waals surface area contributed by atoms with E-state index >= 15 is 0 Å². The van der Waals surface area contributed by atoms with Gasteiger partial charge in [0.1, 0.15) is 11.9 Å². The first-order chi connectivity index (χ1) is 10.2. The SMILES string of the molecule is CCOc1ccc(C(O)c2cccc(OC)c2OC)cc1. The highest BCUT2D eigenvalue weighted by Crippen LogP contribution is 2.37. The maximum Gasteiger partial charge on any atom is 0.166 e. The molecule has 1 atom stereocenters. The van der Waals surface area contributed by atoms with Crippen LogP contribution in [-0.4, -0.2) is 25.9 Å². The van der Waals surface area contributed by atoms with Crippen LogP contribution >= 0.6 is 0 Å². The molecule has 21 heavy (non-hydrogen) atoms. The number of hydrogen-bond donors (Lipinski definition) is 1. The summed E-state index contributed by atoms with van der Waals surface area (Å²) in [5.74, 6) is 1.92. The highest BCUT2D eigenvalue weighted by atomic mass is 16.5. The van der Waals surface area contributed by atoms with Crippen LogP contribution < -0.4 is 14.2 Å². The average molecular weight is 288 g/mol. The lowest BCUT2D eigenvalue weighted by Gasteiger charge is -2.17. The van der Waals surface area contributed by atoms with Crippen LogP contribution in [0.3, 0.4) is 0 Å². The Labute approximate surface area is 124 Å². The van der Waals surface area contributed by atoms with Crippen molar-refractivity contribution in [2.45, 2.75) is 13.0 Å². The molecule has 2 rings (SSSR count). The summed E-state index contributed by atoms with van der Waals surface area (Å²) < 4.78 is 16.0. The molecule has 0 aliphatic heterocycles. The average Bonchev–Trinajstić information content (AvgIpc) is 2.54. The molecule has 0 heterocycles. The molecule has 0 spiro atoms. The van der Waals surface area contributed by atoms with Crippen LogP contribution in [0.4, 0.5) is 0 Å². The van der Waals surface area contributed by atoms with E-state index in [0.29, 0.717) is 23.7 Å². The fourth-order valence-electron chi connectivity index (χ4n) is 2.22. The number of aliphatic hydroxyl groups excluding tert-OH is 1. The van der Waals surface area contributed by atoms with Crippen molar-refractivity contribution in [2.24, 2.45) is 0 Å². The molecule has 0 aromatic heterocycles. The number of aliphatic hydroxyl groups is 1. The molecule has 4 nitrogen and oxygen atoms in total. The summed E-state index contributed by atoms with van der Waals surface area (Å²) in [5.41, 5.74) is 1.44. The standard InChI is InChI=1S/C17H20O4/c1-4-21-13-10-8-12(9-11-13)16(18)14-6-5-7-15(19-2)17(14)20-3/h5-11,16,18H,4H2,1-3H3. The molecule has 0 fully saturated rings. The number of para-hydroxylation sites is 1. The molecular formula is C17H20O4. The second kappa shape index (κ2) is 6.99. The van der Waals surface area contributed by atoms with Gasteiger partial charge < -0.3 is 19.3 Å². The van der Waals surface area contributed by atoms with Crippen molar-refractivity contribution in [1.29, 1.82) is 0 Å². The number of hydrogen-bond acceptors (Lipinski definition) is 4. The van der Waals surface area contributed by atoms with E-state index in [1.54, 1.807) is 20.3 Å². The third-order valence-electron chi connectivity index (χ3n) is 3.23. The van der Waals surface area contributed by atoms with Gasteiger partial charge in [-0.25, -0.2) is 0 Å². The van der Waals surface area contributed by atoms with Crippen LogP contribution in [0, 0.1) is 0 Å². The fourth-order valence-corrected chi connectivity index (χ4v) is 2.22. The van der Waals surface area contributed by atoms with Crippen molar-refractivity contribution in [3.05, 3.63) is 53.6 Å². The summed E-state index contributed by atoms with van der Waals surface area (Å²) in [5, 5.41) is 10.6. The molecule has 0 saturated heterocycles. The predicted molar refractivity (Wildman–Crippen MR) is 81.2 cm³/mol. The first-order valence-corrected chi connectivity index (χ1v) is 6.83. The van der Waals surface area contributed by atoms with E-state index in [2.05, 4.69) is 0 Å². The van der Waals surface area contributed by atoms with Gasteiger partial charge in [-0.2, -0.15) is 0 Å². The van der Waals surface area contributed by atoms with Crippen LogP contribution in [0.1, 0.15) is 24.2 Å². The maximum atomic E-state index is 10.6. The Balaban J connectivity index is 2.33. The normalized spacial score (nSPS) is 11.8. The Bertz CT molecular complexity index is 578. The zero-order valence-electron chi connectivity index (χ0n) is 12.5. The Morgan fingerprint density at radius 1 is 1.00 bits per heavy atom. The van der Waals surface area contributed by atoms with Gasteiger partial charge in [0.25, 0.3) is 0 Å². The number of rotatable bonds is 6. The maximum absolute atomic E-state index is 10.6. The van der Waals surface area contributed by atoms with Gasteiger partial charge >= 0.3 is 0 Å². The number of ether oxygens (including phenoxy) is 3. The minimum Gasteiger partial charge on any atom is -0.494 e. The molecule has 0 amide bonds. The summed E-state index contributed by atoms with van der Waals surface area (Å²) in [4.78, 5) is 0. The van der Waals surface area contributed by atoms with E-state index < -0.39 is 6.10 Å². The van der Waals surface area contributed by atoms with Gasteiger partial charge in [-0.05, 0) is 30.7 Å². The monoisotopic (exact) mass is 288 g/mol. The largest absolute Gasteiger partial charge is 0.494 e. The molecule has 0 radical (unpaired) electrons. The van der Waals surface area contributed by atoms with Gasteiger partial charge in [0.2, 0.25) is 0 Å². The molecule has 1 N–H and O–H groups in total. The van der Waals surface area contributed by atoms with Crippen LogP contribution in [0.2, 0.25) is 0 Å². The van der Waals surface area contributed by atoms with E-state index in [1.165, 1.54) is 0 Å². The molecule has 0 bridgehead atoms. The Morgan fingerprint density at radius 3 is 2.29 bits per heavy atom. The lowest BCUT2D eigenvalue weighted by molar-refractivity contribution is 0.213. The molecule has 1 unspecified atom stereocenters. The van der Waals surface area contributed by atoms with Crippen molar-refractivity contribution < 1.29 is 19.3 Å². The lowest BCUT2D eigenvalue weighted by atomic mass is 10.00. The molecule has 0 aliphatic rings. The first kappa shape index (κ1) is 15.2. The second-order valence-electron chi connectivity index (χ2n) is 4.49. The van der Waals surface area contributed by atoms with Gasteiger partial charge in [-0.3, -0.25) is 0 Å². The van der Waals surface area contributed by atoms with Gasteiger partial charge in [-0.15, -0.1) is 0 Å². The first-order valence-electron chi connectivity index (χ1n) is 6.83. The van der Waals surface area contributed by atoms with Crippen molar-refractivity contribution in [3.8, 4) is 17.2 Å². The smallest absolute Gasteiger partial charge is 0.166 e. The minimum atomic E-state index is -0.786. The molecule has 0 saturated carbocycles. The van der Waals surface area contributed by atoms with E-state index in [0.717, 1.165) is 11.3 Å². The van der Waals surface area contributed by atoms with E-state index in [1.807, 2.05) is 43.3 Å². The van der Waals surface area contributed by atoms with Crippen molar-refractivity contribution in [2.75, 3.05) is 20.8 Å².